The zero-order valence-electron chi connectivity index (χ0n) is 19.9. The van der Waals surface area contributed by atoms with Gasteiger partial charge in [-0.1, -0.05) is 18.2 Å². The first-order valence-electron chi connectivity index (χ1n) is 12.1. The molecule has 34 heavy (non-hydrogen) atoms. The number of nitrogens with one attached hydrogen (secondary N) is 1. The Balaban J connectivity index is 1.64. The summed E-state index contributed by atoms with van der Waals surface area (Å²) in [6.07, 6.45) is 8.60. The number of nitrogens with zero attached hydrogens (tertiary/aromatic N) is 2. The highest BCUT2D eigenvalue weighted by Crippen LogP contribution is 2.38. The molecule has 1 unspecified atom stereocenters. The topological polar surface area (TPSA) is 65.4 Å². The normalized spacial score (nSPS) is 17.5. The van der Waals surface area contributed by atoms with Crippen LogP contribution in [0.2, 0.25) is 0 Å². The van der Waals surface area contributed by atoms with Crippen molar-refractivity contribution < 1.29 is 14.3 Å². The van der Waals surface area contributed by atoms with Crippen molar-refractivity contribution in [2.24, 2.45) is 0 Å². The molecule has 0 bridgehead atoms. The van der Waals surface area contributed by atoms with Crippen LogP contribution in [0.25, 0.3) is 34.7 Å². The van der Waals surface area contributed by atoms with Crippen LogP contribution in [0.3, 0.4) is 0 Å². The van der Waals surface area contributed by atoms with Crippen molar-refractivity contribution in [3.8, 4) is 22.5 Å². The molecule has 2 aliphatic carbocycles. The SMILES string of the molecule is CCOC1C=c2c(c(-c3cscn3)c(-c3ccc(NC(=O)OC(C)C)cc3)n2C2CCC2)=CC1. The summed E-state index contributed by atoms with van der Waals surface area (Å²) >= 11 is 1.62. The van der Waals surface area contributed by atoms with Crippen molar-refractivity contribution >= 4 is 35.3 Å². The Morgan fingerprint density at radius 3 is 2.68 bits per heavy atom. The molecule has 1 fully saturated rings. The summed E-state index contributed by atoms with van der Waals surface area (Å²) in [4.78, 5) is 16.7. The first kappa shape index (κ1) is 22.9. The van der Waals surface area contributed by atoms with Crippen LogP contribution < -0.4 is 15.9 Å². The van der Waals surface area contributed by atoms with Gasteiger partial charge < -0.3 is 14.0 Å². The molecule has 1 aromatic carbocycles. The van der Waals surface area contributed by atoms with E-state index in [0.29, 0.717) is 18.3 Å². The number of benzene rings is 1. The third-order valence-electron chi connectivity index (χ3n) is 6.44. The maximum atomic E-state index is 12.0. The van der Waals surface area contributed by atoms with Gasteiger partial charge in [-0.2, -0.15) is 0 Å². The van der Waals surface area contributed by atoms with Gasteiger partial charge in [0.05, 0.1) is 29.1 Å². The lowest BCUT2D eigenvalue weighted by molar-refractivity contribution is 0.110. The van der Waals surface area contributed by atoms with E-state index >= 15 is 0 Å². The van der Waals surface area contributed by atoms with Crippen LogP contribution in [0.15, 0.2) is 35.2 Å². The molecule has 2 aromatic heterocycles. The van der Waals surface area contributed by atoms with Gasteiger partial charge in [0.1, 0.15) is 0 Å². The van der Waals surface area contributed by atoms with Gasteiger partial charge in [0.2, 0.25) is 0 Å². The number of ether oxygens (including phenoxy) is 2. The third-order valence-corrected chi connectivity index (χ3v) is 7.02. The van der Waals surface area contributed by atoms with Crippen molar-refractivity contribution in [3.63, 3.8) is 0 Å². The molecule has 1 atom stereocenters. The van der Waals surface area contributed by atoms with Gasteiger partial charge >= 0.3 is 6.09 Å². The number of carbonyl (C=O) groups excluding carboxylic acids is 1. The van der Waals surface area contributed by atoms with Crippen molar-refractivity contribution in [1.29, 1.82) is 0 Å². The lowest BCUT2D eigenvalue weighted by Crippen LogP contribution is -2.38. The highest BCUT2D eigenvalue weighted by atomic mass is 32.1. The minimum absolute atomic E-state index is 0.0981. The van der Waals surface area contributed by atoms with Crippen LogP contribution in [-0.2, 0) is 9.47 Å². The second kappa shape index (κ2) is 9.76. The Labute approximate surface area is 203 Å². The fraction of sp³-hybridized carbons (Fsp3) is 0.407. The second-order valence-corrected chi connectivity index (χ2v) is 9.83. The molecule has 6 nitrogen and oxygen atoms in total. The van der Waals surface area contributed by atoms with Gasteiger partial charge in [-0.25, -0.2) is 9.78 Å². The predicted octanol–water partition coefficient (Wildman–Crippen LogP) is 5.33. The van der Waals surface area contributed by atoms with E-state index in [0.717, 1.165) is 17.7 Å². The fourth-order valence-electron chi connectivity index (χ4n) is 4.79. The summed E-state index contributed by atoms with van der Waals surface area (Å²) in [5.41, 5.74) is 7.12. The van der Waals surface area contributed by atoms with Crippen LogP contribution in [0, 0.1) is 0 Å². The quantitative estimate of drug-likeness (QED) is 0.500. The minimum Gasteiger partial charge on any atom is -0.447 e. The number of amides is 1. The van der Waals surface area contributed by atoms with E-state index in [1.807, 2.05) is 38.4 Å². The van der Waals surface area contributed by atoms with E-state index in [2.05, 4.69) is 39.5 Å². The molecule has 1 amide bonds. The Kier molecular flexibility index (Phi) is 6.57. The van der Waals surface area contributed by atoms with Crippen LogP contribution >= 0.6 is 11.3 Å². The van der Waals surface area contributed by atoms with E-state index in [9.17, 15) is 4.79 Å². The summed E-state index contributed by atoms with van der Waals surface area (Å²) in [7, 11) is 0. The van der Waals surface area contributed by atoms with Crippen molar-refractivity contribution in [2.75, 3.05) is 11.9 Å². The maximum absolute atomic E-state index is 12.0. The molecule has 0 spiro atoms. The Morgan fingerprint density at radius 1 is 1.26 bits per heavy atom. The van der Waals surface area contributed by atoms with Crippen molar-refractivity contribution in [2.45, 2.75) is 64.7 Å². The molecule has 178 valence electrons. The molecule has 1 saturated carbocycles. The van der Waals surface area contributed by atoms with Crippen LogP contribution in [-0.4, -0.2) is 34.5 Å². The van der Waals surface area contributed by atoms with Crippen molar-refractivity contribution in [1.82, 2.24) is 9.55 Å². The van der Waals surface area contributed by atoms with Gasteiger partial charge in [-0.15, -0.1) is 11.3 Å². The number of aromatic nitrogens is 2. The van der Waals surface area contributed by atoms with Gasteiger partial charge in [0, 0.05) is 39.8 Å². The lowest BCUT2D eigenvalue weighted by atomic mass is 9.92. The number of anilines is 1. The van der Waals surface area contributed by atoms with Gasteiger partial charge in [-0.3, -0.25) is 5.32 Å². The van der Waals surface area contributed by atoms with Crippen LogP contribution in [0.4, 0.5) is 10.5 Å². The monoisotopic (exact) mass is 477 g/mol. The molecule has 3 aromatic rings. The van der Waals surface area contributed by atoms with E-state index in [-0.39, 0.29) is 12.2 Å². The van der Waals surface area contributed by atoms with Gasteiger partial charge in [0.25, 0.3) is 0 Å². The molecule has 1 N–H and O–H groups in total. The zero-order chi connectivity index (χ0) is 23.7. The summed E-state index contributed by atoms with van der Waals surface area (Å²) in [5, 5.41) is 7.45. The van der Waals surface area contributed by atoms with E-state index < -0.39 is 6.09 Å². The summed E-state index contributed by atoms with van der Waals surface area (Å²) in [6.45, 7) is 6.42. The second-order valence-electron chi connectivity index (χ2n) is 9.11. The average Bonchev–Trinajstić information content (AvgIpc) is 3.39. The zero-order valence-corrected chi connectivity index (χ0v) is 20.7. The molecular weight excluding hydrogens is 446 g/mol. The fourth-order valence-corrected chi connectivity index (χ4v) is 5.33. The maximum Gasteiger partial charge on any atom is 0.411 e. The first-order valence-corrected chi connectivity index (χ1v) is 13.0. The first-order chi connectivity index (χ1) is 16.5. The number of thiazole rings is 1. The lowest BCUT2D eigenvalue weighted by Gasteiger charge is -2.30. The summed E-state index contributed by atoms with van der Waals surface area (Å²) in [6, 6.07) is 8.51. The molecule has 7 heteroatoms. The van der Waals surface area contributed by atoms with Gasteiger partial charge in [-0.05, 0) is 70.2 Å². The van der Waals surface area contributed by atoms with E-state index in [1.165, 1.54) is 41.1 Å². The Bertz CT molecular complexity index is 1270. The molecular formula is C27H31N3O3S. The average molecular weight is 478 g/mol. The van der Waals surface area contributed by atoms with Crippen molar-refractivity contribution in [3.05, 3.63) is 45.7 Å². The van der Waals surface area contributed by atoms with Crippen LogP contribution in [0.1, 0.15) is 52.5 Å². The predicted molar refractivity (Wildman–Crippen MR) is 137 cm³/mol. The third kappa shape index (κ3) is 4.42. The molecule has 5 rings (SSSR count). The summed E-state index contributed by atoms with van der Waals surface area (Å²) in [5.74, 6) is 0. The number of fused-ring (bicyclic) bond motifs is 1. The molecule has 0 saturated heterocycles. The largest absolute Gasteiger partial charge is 0.447 e. The molecule has 2 heterocycles. The number of rotatable bonds is 7. The standard InChI is InChI=1S/C27H31N3O3S/c1-4-32-21-12-13-22-24(14-21)30(20-6-5-7-20)26(25(22)23-15-34-16-28-23)18-8-10-19(11-9-18)29-27(31)33-17(2)3/h8-11,13-17,20-21H,4-7,12H2,1-3H3,(H,29,31). The highest BCUT2D eigenvalue weighted by molar-refractivity contribution is 7.07. The smallest absolute Gasteiger partial charge is 0.411 e. The molecule has 2 aliphatic rings. The minimum atomic E-state index is -0.439. The Morgan fingerprint density at radius 2 is 2.06 bits per heavy atom. The molecule has 0 aliphatic heterocycles. The summed E-state index contributed by atoms with van der Waals surface area (Å²) < 4.78 is 13.7. The number of hydrogen-bond acceptors (Lipinski definition) is 5. The number of carbonyl (C=O) groups is 1. The number of hydrogen-bond donors (Lipinski definition) is 1. The highest BCUT2D eigenvalue weighted by Gasteiger charge is 2.29. The van der Waals surface area contributed by atoms with Crippen LogP contribution in [0.5, 0.6) is 0 Å². The Hall–Kier alpha value is -2.90. The van der Waals surface area contributed by atoms with E-state index in [1.54, 1.807) is 11.3 Å². The van der Waals surface area contributed by atoms with E-state index in [4.69, 9.17) is 14.5 Å². The van der Waals surface area contributed by atoms with Gasteiger partial charge in [0.15, 0.2) is 0 Å². The molecule has 0 radical (unpaired) electrons.